The molecule has 1 aliphatic heterocycles. The molecule has 0 unspecified atom stereocenters. The number of hydrogen-bond acceptors (Lipinski definition) is 2. The molecule has 1 aromatic rings. The van der Waals surface area contributed by atoms with Gasteiger partial charge in [-0.05, 0) is 43.9 Å². The number of methoxy groups -OCH3 is 1. The van der Waals surface area contributed by atoms with E-state index in [1.807, 2.05) is 24.0 Å². The molecule has 104 valence electrons. The SMILES string of the molecule is COc1c(C)cc(Cl)cc1CC(=O)N1CCCCC1. The fourth-order valence-electron chi connectivity index (χ4n) is 2.64. The van der Waals surface area contributed by atoms with E-state index >= 15 is 0 Å². The molecule has 1 heterocycles. The molecule has 0 aromatic heterocycles. The quantitative estimate of drug-likeness (QED) is 0.851. The van der Waals surface area contributed by atoms with E-state index in [1.165, 1.54) is 6.42 Å². The lowest BCUT2D eigenvalue weighted by molar-refractivity contribution is -0.131. The first-order valence-corrected chi connectivity index (χ1v) is 7.10. The molecule has 1 saturated heterocycles. The van der Waals surface area contributed by atoms with Gasteiger partial charge in [0.2, 0.25) is 5.91 Å². The highest BCUT2D eigenvalue weighted by Gasteiger charge is 2.19. The number of carbonyl (C=O) groups is 1. The Morgan fingerprint density at radius 1 is 1.32 bits per heavy atom. The van der Waals surface area contributed by atoms with Crippen molar-refractivity contribution in [3.8, 4) is 5.75 Å². The highest BCUT2D eigenvalue weighted by Crippen LogP contribution is 2.28. The third-order valence-corrected chi connectivity index (χ3v) is 3.79. The first-order valence-electron chi connectivity index (χ1n) is 6.72. The number of likely N-dealkylation sites (tertiary alicyclic amines) is 1. The first kappa shape index (κ1) is 14.2. The van der Waals surface area contributed by atoms with Crippen LogP contribution < -0.4 is 4.74 Å². The van der Waals surface area contributed by atoms with Gasteiger partial charge in [-0.25, -0.2) is 0 Å². The van der Waals surface area contributed by atoms with Crippen molar-refractivity contribution in [1.82, 2.24) is 4.90 Å². The molecule has 1 fully saturated rings. The molecular weight excluding hydrogens is 262 g/mol. The normalized spacial score (nSPS) is 15.4. The van der Waals surface area contributed by atoms with Gasteiger partial charge in [0.05, 0.1) is 13.5 Å². The molecular formula is C15H20ClNO2. The number of benzene rings is 1. The van der Waals surface area contributed by atoms with Gasteiger partial charge in [0.25, 0.3) is 0 Å². The Kier molecular flexibility index (Phi) is 4.70. The molecule has 0 radical (unpaired) electrons. The summed E-state index contributed by atoms with van der Waals surface area (Å²) >= 11 is 6.07. The second kappa shape index (κ2) is 6.29. The van der Waals surface area contributed by atoms with Crippen molar-refractivity contribution in [1.29, 1.82) is 0 Å². The van der Waals surface area contributed by atoms with Crippen molar-refractivity contribution < 1.29 is 9.53 Å². The van der Waals surface area contributed by atoms with Crippen LogP contribution in [0.1, 0.15) is 30.4 Å². The summed E-state index contributed by atoms with van der Waals surface area (Å²) < 4.78 is 5.39. The van der Waals surface area contributed by atoms with Gasteiger partial charge in [-0.3, -0.25) is 4.79 Å². The van der Waals surface area contributed by atoms with E-state index in [0.29, 0.717) is 11.4 Å². The summed E-state index contributed by atoms with van der Waals surface area (Å²) in [5.74, 6) is 0.939. The van der Waals surface area contributed by atoms with Crippen molar-refractivity contribution in [2.24, 2.45) is 0 Å². The first-order chi connectivity index (χ1) is 9.11. The number of carbonyl (C=O) groups excluding carboxylic acids is 1. The smallest absolute Gasteiger partial charge is 0.227 e. The molecule has 1 aliphatic rings. The summed E-state index contributed by atoms with van der Waals surface area (Å²) in [4.78, 5) is 14.2. The van der Waals surface area contributed by atoms with Gasteiger partial charge in [0.1, 0.15) is 5.75 Å². The van der Waals surface area contributed by atoms with Gasteiger partial charge < -0.3 is 9.64 Å². The van der Waals surface area contributed by atoms with Crippen molar-refractivity contribution in [3.63, 3.8) is 0 Å². The van der Waals surface area contributed by atoms with E-state index in [0.717, 1.165) is 42.8 Å². The minimum absolute atomic E-state index is 0.166. The molecule has 0 N–H and O–H groups in total. The van der Waals surface area contributed by atoms with Gasteiger partial charge in [0.15, 0.2) is 0 Å². The van der Waals surface area contributed by atoms with Crippen LogP contribution in [0.4, 0.5) is 0 Å². The van der Waals surface area contributed by atoms with Crippen LogP contribution >= 0.6 is 11.6 Å². The maximum absolute atomic E-state index is 12.3. The van der Waals surface area contributed by atoms with Gasteiger partial charge in [-0.2, -0.15) is 0 Å². The molecule has 0 atom stereocenters. The molecule has 1 amide bonds. The van der Waals surface area contributed by atoms with Crippen LogP contribution in [-0.2, 0) is 11.2 Å². The third-order valence-electron chi connectivity index (χ3n) is 3.57. The highest BCUT2D eigenvalue weighted by molar-refractivity contribution is 6.30. The molecule has 1 aromatic carbocycles. The van der Waals surface area contributed by atoms with Crippen molar-refractivity contribution >= 4 is 17.5 Å². The maximum Gasteiger partial charge on any atom is 0.227 e. The zero-order valence-electron chi connectivity index (χ0n) is 11.5. The predicted molar refractivity (Wildman–Crippen MR) is 76.9 cm³/mol. The average Bonchev–Trinajstić information content (AvgIpc) is 2.39. The van der Waals surface area contributed by atoms with Crippen LogP contribution in [0.15, 0.2) is 12.1 Å². The Hall–Kier alpha value is -1.22. The average molecular weight is 282 g/mol. The standard InChI is InChI=1S/C15H20ClNO2/c1-11-8-13(16)9-12(15(11)19-2)10-14(18)17-6-4-3-5-7-17/h8-9H,3-7,10H2,1-2H3. The van der Waals surface area contributed by atoms with Gasteiger partial charge in [-0.1, -0.05) is 11.6 Å². The zero-order valence-corrected chi connectivity index (χ0v) is 12.3. The number of aryl methyl sites for hydroxylation is 1. The van der Waals surface area contributed by atoms with Crippen molar-refractivity contribution in [3.05, 3.63) is 28.3 Å². The summed E-state index contributed by atoms with van der Waals surface area (Å²) in [7, 11) is 1.63. The van der Waals surface area contributed by atoms with Crippen LogP contribution in [0.25, 0.3) is 0 Å². The minimum atomic E-state index is 0.166. The molecule has 0 spiro atoms. The summed E-state index contributed by atoms with van der Waals surface area (Å²) in [5, 5.41) is 0.653. The number of hydrogen-bond donors (Lipinski definition) is 0. The second-order valence-electron chi connectivity index (χ2n) is 5.03. The number of nitrogens with zero attached hydrogens (tertiary/aromatic N) is 1. The van der Waals surface area contributed by atoms with E-state index in [2.05, 4.69) is 0 Å². The summed E-state index contributed by atoms with van der Waals surface area (Å²) in [6.45, 7) is 3.70. The lowest BCUT2D eigenvalue weighted by Crippen LogP contribution is -2.36. The third kappa shape index (κ3) is 3.41. The predicted octanol–water partition coefficient (Wildman–Crippen LogP) is 3.21. The van der Waals surface area contributed by atoms with Crippen LogP contribution in [0.3, 0.4) is 0 Å². The van der Waals surface area contributed by atoms with Crippen LogP contribution in [0, 0.1) is 6.92 Å². The topological polar surface area (TPSA) is 29.5 Å². The minimum Gasteiger partial charge on any atom is -0.496 e. The largest absolute Gasteiger partial charge is 0.496 e. The van der Waals surface area contributed by atoms with E-state index < -0.39 is 0 Å². The molecule has 0 bridgehead atoms. The Morgan fingerprint density at radius 3 is 2.63 bits per heavy atom. The number of amides is 1. The van der Waals surface area contributed by atoms with Crippen molar-refractivity contribution in [2.75, 3.05) is 20.2 Å². The Morgan fingerprint density at radius 2 is 2.00 bits per heavy atom. The maximum atomic E-state index is 12.3. The molecule has 0 aliphatic carbocycles. The monoisotopic (exact) mass is 281 g/mol. The van der Waals surface area contributed by atoms with E-state index in [4.69, 9.17) is 16.3 Å². The summed E-state index contributed by atoms with van der Waals surface area (Å²) in [6, 6.07) is 3.69. The van der Waals surface area contributed by atoms with E-state index in [-0.39, 0.29) is 5.91 Å². The van der Waals surface area contributed by atoms with Crippen molar-refractivity contribution in [2.45, 2.75) is 32.6 Å². The summed E-state index contributed by atoms with van der Waals surface area (Å²) in [6.07, 6.45) is 3.81. The molecule has 3 nitrogen and oxygen atoms in total. The fraction of sp³-hybridized carbons (Fsp3) is 0.533. The lowest BCUT2D eigenvalue weighted by atomic mass is 10.0. The second-order valence-corrected chi connectivity index (χ2v) is 5.47. The zero-order chi connectivity index (χ0) is 13.8. The van der Waals surface area contributed by atoms with E-state index in [1.54, 1.807) is 7.11 Å². The number of ether oxygens (including phenoxy) is 1. The molecule has 4 heteroatoms. The Bertz CT molecular complexity index is 467. The lowest BCUT2D eigenvalue weighted by Gasteiger charge is -2.27. The van der Waals surface area contributed by atoms with Crippen LogP contribution in [0.5, 0.6) is 5.75 Å². The Labute approximate surface area is 119 Å². The van der Waals surface area contributed by atoms with Gasteiger partial charge >= 0.3 is 0 Å². The Balaban J connectivity index is 2.15. The molecule has 2 rings (SSSR count). The van der Waals surface area contributed by atoms with Crippen LogP contribution in [0.2, 0.25) is 5.02 Å². The summed E-state index contributed by atoms with van der Waals surface area (Å²) in [5.41, 5.74) is 1.85. The van der Waals surface area contributed by atoms with Gasteiger partial charge in [0, 0.05) is 23.7 Å². The molecule has 19 heavy (non-hydrogen) atoms. The molecule has 0 saturated carbocycles. The fourth-order valence-corrected chi connectivity index (χ4v) is 2.94. The number of halogens is 1. The highest BCUT2D eigenvalue weighted by atomic mass is 35.5. The van der Waals surface area contributed by atoms with E-state index in [9.17, 15) is 4.79 Å². The number of piperidine rings is 1. The number of rotatable bonds is 3. The van der Waals surface area contributed by atoms with Crippen LogP contribution in [-0.4, -0.2) is 31.0 Å². The van der Waals surface area contributed by atoms with Gasteiger partial charge in [-0.15, -0.1) is 0 Å².